The summed E-state index contributed by atoms with van der Waals surface area (Å²) in [6.45, 7) is 9.93. The molecule has 1 spiro atoms. The molecule has 0 amide bonds. The van der Waals surface area contributed by atoms with Crippen molar-refractivity contribution >= 4 is 0 Å². The average Bonchev–Trinajstić information content (AvgIpc) is 3.28. The first kappa shape index (κ1) is 20.4. The summed E-state index contributed by atoms with van der Waals surface area (Å²) in [6.07, 6.45) is 8.70. The highest BCUT2D eigenvalue weighted by atomic mass is 16.5. The summed E-state index contributed by atoms with van der Waals surface area (Å²) in [5.41, 5.74) is 5.03. The number of aromatic nitrogens is 2. The molecular weight excluding hydrogens is 348 g/mol. The van der Waals surface area contributed by atoms with Crippen molar-refractivity contribution in [2.45, 2.75) is 83.4 Å². The van der Waals surface area contributed by atoms with Crippen molar-refractivity contribution in [1.29, 1.82) is 0 Å². The van der Waals surface area contributed by atoms with Crippen molar-refractivity contribution in [1.82, 2.24) is 19.6 Å². The number of hydrogen-bond donors (Lipinski definition) is 0. The molecule has 4 rings (SSSR count). The first-order valence-corrected chi connectivity index (χ1v) is 11.3. The van der Waals surface area contributed by atoms with Crippen LogP contribution in [0.15, 0.2) is 0 Å². The maximum absolute atomic E-state index is 6.37. The van der Waals surface area contributed by atoms with E-state index in [9.17, 15) is 0 Å². The highest BCUT2D eigenvalue weighted by molar-refractivity contribution is 5.33. The van der Waals surface area contributed by atoms with Crippen LogP contribution < -0.4 is 0 Å². The summed E-state index contributed by atoms with van der Waals surface area (Å²) >= 11 is 0. The summed E-state index contributed by atoms with van der Waals surface area (Å²) in [7, 11) is 6.53. The van der Waals surface area contributed by atoms with Crippen molar-refractivity contribution in [3.05, 3.63) is 17.0 Å². The fraction of sp³-hybridized carbons (Fsp3) is 0.870. The molecule has 1 aromatic rings. The molecule has 1 aliphatic carbocycles. The van der Waals surface area contributed by atoms with Gasteiger partial charge < -0.3 is 9.64 Å². The van der Waals surface area contributed by atoms with Crippen LogP contribution in [0.3, 0.4) is 0 Å². The molecule has 0 bridgehead atoms. The van der Waals surface area contributed by atoms with E-state index >= 15 is 0 Å². The van der Waals surface area contributed by atoms with Gasteiger partial charge in [-0.2, -0.15) is 5.10 Å². The third kappa shape index (κ3) is 4.17. The molecule has 0 aromatic carbocycles. The molecule has 0 radical (unpaired) electrons. The van der Waals surface area contributed by atoms with Gasteiger partial charge in [-0.3, -0.25) is 9.58 Å². The minimum Gasteiger partial charge on any atom is -0.374 e. The van der Waals surface area contributed by atoms with E-state index in [-0.39, 0.29) is 5.60 Å². The van der Waals surface area contributed by atoms with Gasteiger partial charge in [0.15, 0.2) is 0 Å². The van der Waals surface area contributed by atoms with E-state index in [0.717, 1.165) is 32.8 Å². The Labute approximate surface area is 171 Å². The van der Waals surface area contributed by atoms with Crippen LogP contribution in [0.4, 0.5) is 0 Å². The molecule has 0 N–H and O–H groups in total. The maximum atomic E-state index is 6.37. The summed E-state index contributed by atoms with van der Waals surface area (Å²) < 4.78 is 8.69. The molecule has 0 unspecified atom stereocenters. The number of aryl methyl sites for hydroxylation is 1. The molecule has 1 saturated carbocycles. The van der Waals surface area contributed by atoms with E-state index in [1.165, 1.54) is 50.6 Å². The molecule has 5 nitrogen and oxygen atoms in total. The van der Waals surface area contributed by atoms with Crippen LogP contribution >= 0.6 is 0 Å². The quantitative estimate of drug-likeness (QED) is 0.745. The van der Waals surface area contributed by atoms with Crippen LogP contribution in [0, 0.1) is 5.41 Å². The van der Waals surface area contributed by atoms with E-state index in [1.54, 1.807) is 11.3 Å². The van der Waals surface area contributed by atoms with Crippen LogP contribution in [0.5, 0.6) is 0 Å². The topological polar surface area (TPSA) is 33.5 Å². The molecule has 0 atom stereocenters. The molecule has 2 aliphatic heterocycles. The standard InChI is InChI=1S/C23H40N4O/c1-22(2)16-23(28-17-22)10-8-18(9-11-23)21-19(15-26(5)14-13-25(3)4)24-27-12-6-7-20(21)27/h18H,6-17H2,1-5H3. The minimum absolute atomic E-state index is 0.166. The van der Waals surface area contributed by atoms with Crippen molar-refractivity contribution in [3.8, 4) is 0 Å². The molecule has 1 aromatic heterocycles. The lowest BCUT2D eigenvalue weighted by Crippen LogP contribution is -2.34. The van der Waals surface area contributed by atoms with E-state index in [4.69, 9.17) is 9.84 Å². The average molecular weight is 389 g/mol. The van der Waals surface area contributed by atoms with Gasteiger partial charge in [-0.1, -0.05) is 13.8 Å². The maximum Gasteiger partial charge on any atom is 0.0802 e. The van der Waals surface area contributed by atoms with Gasteiger partial charge in [0.25, 0.3) is 0 Å². The molecule has 5 heteroatoms. The lowest BCUT2D eigenvalue weighted by molar-refractivity contribution is -0.0294. The summed E-state index contributed by atoms with van der Waals surface area (Å²) in [5.74, 6) is 0.678. The van der Waals surface area contributed by atoms with Crippen LogP contribution in [-0.2, 0) is 24.2 Å². The first-order valence-electron chi connectivity index (χ1n) is 11.3. The van der Waals surface area contributed by atoms with Crippen molar-refractivity contribution in [2.75, 3.05) is 40.8 Å². The molecule has 3 aliphatic rings. The van der Waals surface area contributed by atoms with E-state index in [0.29, 0.717) is 11.3 Å². The highest BCUT2D eigenvalue weighted by Gasteiger charge is 2.47. The smallest absolute Gasteiger partial charge is 0.0802 e. The van der Waals surface area contributed by atoms with Crippen LogP contribution in [0.1, 0.15) is 75.2 Å². The number of likely N-dealkylation sites (N-methyl/N-ethyl adjacent to an activating group) is 2. The second-order valence-corrected chi connectivity index (χ2v) is 10.8. The molecule has 28 heavy (non-hydrogen) atoms. The summed E-state index contributed by atoms with van der Waals surface area (Å²) in [6, 6.07) is 0. The lowest BCUT2D eigenvalue weighted by atomic mass is 9.71. The molecule has 158 valence electrons. The van der Waals surface area contributed by atoms with Gasteiger partial charge in [-0.25, -0.2) is 0 Å². The Hall–Kier alpha value is -0.910. The van der Waals surface area contributed by atoms with Gasteiger partial charge in [0.05, 0.1) is 17.9 Å². The molecular formula is C23H40N4O. The number of rotatable bonds is 6. The van der Waals surface area contributed by atoms with Gasteiger partial charge in [0, 0.05) is 37.4 Å². The zero-order chi connectivity index (χ0) is 19.9. The van der Waals surface area contributed by atoms with Crippen LogP contribution in [0.2, 0.25) is 0 Å². The van der Waals surface area contributed by atoms with E-state index in [2.05, 4.69) is 49.5 Å². The van der Waals surface area contributed by atoms with E-state index in [1.807, 2.05) is 0 Å². The highest BCUT2D eigenvalue weighted by Crippen LogP contribution is 2.50. The minimum atomic E-state index is 0.166. The Morgan fingerprint density at radius 2 is 1.89 bits per heavy atom. The molecule has 3 heterocycles. The predicted molar refractivity (Wildman–Crippen MR) is 114 cm³/mol. The molecule has 1 saturated heterocycles. The molecule has 2 fully saturated rings. The normalized spacial score (nSPS) is 29.3. The zero-order valence-corrected chi connectivity index (χ0v) is 18.8. The van der Waals surface area contributed by atoms with Gasteiger partial charge in [-0.05, 0) is 77.4 Å². The largest absolute Gasteiger partial charge is 0.374 e. The number of ether oxygens (including phenoxy) is 1. The second kappa shape index (κ2) is 7.73. The fourth-order valence-electron chi connectivity index (χ4n) is 5.78. The lowest BCUT2D eigenvalue weighted by Gasteiger charge is -2.37. The third-order valence-corrected chi connectivity index (χ3v) is 7.18. The predicted octanol–water partition coefficient (Wildman–Crippen LogP) is 3.67. The van der Waals surface area contributed by atoms with Gasteiger partial charge in [0.1, 0.15) is 0 Å². The van der Waals surface area contributed by atoms with Gasteiger partial charge in [-0.15, -0.1) is 0 Å². The number of nitrogens with zero attached hydrogens (tertiary/aromatic N) is 4. The van der Waals surface area contributed by atoms with Gasteiger partial charge >= 0.3 is 0 Å². The Balaban J connectivity index is 1.47. The van der Waals surface area contributed by atoms with Crippen molar-refractivity contribution < 1.29 is 4.74 Å². The Bertz CT molecular complexity index is 685. The Kier molecular flexibility index (Phi) is 5.62. The van der Waals surface area contributed by atoms with Crippen molar-refractivity contribution in [3.63, 3.8) is 0 Å². The first-order chi connectivity index (χ1) is 13.3. The Morgan fingerprint density at radius 3 is 2.54 bits per heavy atom. The van der Waals surface area contributed by atoms with Gasteiger partial charge in [0.2, 0.25) is 0 Å². The second-order valence-electron chi connectivity index (χ2n) is 10.8. The zero-order valence-electron chi connectivity index (χ0n) is 18.8. The van der Waals surface area contributed by atoms with Crippen LogP contribution in [0.25, 0.3) is 0 Å². The monoisotopic (exact) mass is 388 g/mol. The van der Waals surface area contributed by atoms with Crippen LogP contribution in [-0.4, -0.2) is 66.0 Å². The number of fused-ring (bicyclic) bond motifs is 1. The Morgan fingerprint density at radius 1 is 1.14 bits per heavy atom. The third-order valence-electron chi connectivity index (χ3n) is 7.18. The SMILES string of the molecule is CN(C)CCN(C)Cc1nn2c(c1C1CCC3(CC1)CC(C)(C)CO3)CCC2. The number of hydrogen-bond acceptors (Lipinski definition) is 4. The van der Waals surface area contributed by atoms with E-state index < -0.39 is 0 Å². The summed E-state index contributed by atoms with van der Waals surface area (Å²) in [4.78, 5) is 4.70. The van der Waals surface area contributed by atoms with Crippen molar-refractivity contribution in [2.24, 2.45) is 5.41 Å². The summed E-state index contributed by atoms with van der Waals surface area (Å²) in [5, 5.41) is 5.08. The fourth-order valence-corrected chi connectivity index (χ4v) is 5.78.